The van der Waals surface area contributed by atoms with Gasteiger partial charge in [0.15, 0.2) is 0 Å². The summed E-state index contributed by atoms with van der Waals surface area (Å²) < 4.78 is 7.38. The molecule has 0 aliphatic heterocycles. The average Bonchev–Trinajstić information content (AvgIpc) is 2.95. The summed E-state index contributed by atoms with van der Waals surface area (Å²) in [7, 11) is 0. The standard InChI is InChI=1S/C18H20N2O3/c21-17-12-4-3-5-13(17)9-14(8-12)18(22)23-11-15-10-20-7-2-1-6-16(20)19-15/h1-2,6-7,10,12-14H,3-5,8-9,11H2/t12-,13+,14?. The predicted octanol–water partition coefficient (Wildman–Crippen LogP) is 2.77. The van der Waals surface area contributed by atoms with Crippen molar-refractivity contribution in [3.63, 3.8) is 0 Å². The van der Waals surface area contributed by atoms with Crippen molar-refractivity contribution >= 4 is 17.4 Å². The molecule has 2 heterocycles. The van der Waals surface area contributed by atoms with Crippen LogP contribution in [0.5, 0.6) is 0 Å². The summed E-state index contributed by atoms with van der Waals surface area (Å²) in [5, 5.41) is 0. The summed E-state index contributed by atoms with van der Waals surface area (Å²) in [5.74, 6) is 0.234. The highest BCUT2D eigenvalue weighted by Gasteiger charge is 2.41. The van der Waals surface area contributed by atoms with Gasteiger partial charge in [-0.15, -0.1) is 0 Å². The highest BCUT2D eigenvalue weighted by Crippen LogP contribution is 2.40. The van der Waals surface area contributed by atoms with E-state index in [2.05, 4.69) is 4.98 Å². The van der Waals surface area contributed by atoms with Gasteiger partial charge in [0, 0.05) is 24.2 Å². The molecule has 3 atom stereocenters. The first kappa shape index (κ1) is 14.4. The van der Waals surface area contributed by atoms with Gasteiger partial charge in [0.2, 0.25) is 0 Å². The summed E-state index contributed by atoms with van der Waals surface area (Å²) in [5.41, 5.74) is 1.59. The molecule has 4 rings (SSSR count). The van der Waals surface area contributed by atoms with Crippen LogP contribution in [0.1, 0.15) is 37.8 Å². The number of ether oxygens (including phenoxy) is 1. The van der Waals surface area contributed by atoms with E-state index < -0.39 is 0 Å². The van der Waals surface area contributed by atoms with Gasteiger partial charge in [-0.3, -0.25) is 9.59 Å². The Balaban J connectivity index is 1.39. The lowest BCUT2D eigenvalue weighted by Crippen LogP contribution is -2.39. The SMILES string of the molecule is O=C(OCc1cn2ccccc2n1)C1C[C@H]2CCC[C@@H](C1)C2=O. The topological polar surface area (TPSA) is 60.7 Å². The highest BCUT2D eigenvalue weighted by molar-refractivity contribution is 5.87. The molecule has 0 spiro atoms. The van der Waals surface area contributed by atoms with E-state index in [4.69, 9.17) is 4.74 Å². The van der Waals surface area contributed by atoms with E-state index in [1.54, 1.807) is 0 Å². The molecular formula is C18H20N2O3. The molecule has 2 aliphatic rings. The molecule has 5 nitrogen and oxygen atoms in total. The Bertz CT molecular complexity index is 703. The number of hydrogen-bond acceptors (Lipinski definition) is 4. The summed E-state index contributed by atoms with van der Waals surface area (Å²) in [4.78, 5) is 28.9. The van der Waals surface area contributed by atoms with Crippen LogP contribution in [0.3, 0.4) is 0 Å². The fourth-order valence-electron chi connectivity index (χ4n) is 3.99. The lowest BCUT2D eigenvalue weighted by Gasteiger charge is -2.36. The Morgan fingerprint density at radius 3 is 2.78 bits per heavy atom. The minimum absolute atomic E-state index is 0.0789. The quantitative estimate of drug-likeness (QED) is 0.818. The number of fused-ring (bicyclic) bond motifs is 3. The summed E-state index contributed by atoms with van der Waals surface area (Å²) >= 11 is 0. The molecule has 0 aromatic carbocycles. The van der Waals surface area contributed by atoms with Gasteiger partial charge in [-0.1, -0.05) is 12.5 Å². The van der Waals surface area contributed by atoms with Crippen molar-refractivity contribution in [1.29, 1.82) is 0 Å². The predicted molar refractivity (Wildman–Crippen MR) is 83.6 cm³/mol. The maximum Gasteiger partial charge on any atom is 0.309 e. The number of nitrogens with zero attached hydrogens (tertiary/aromatic N) is 2. The van der Waals surface area contributed by atoms with Crippen LogP contribution in [0.25, 0.3) is 5.65 Å². The lowest BCUT2D eigenvalue weighted by atomic mass is 9.67. The van der Waals surface area contributed by atoms with E-state index >= 15 is 0 Å². The van der Waals surface area contributed by atoms with E-state index in [9.17, 15) is 9.59 Å². The second kappa shape index (κ2) is 5.80. The summed E-state index contributed by atoms with van der Waals surface area (Å²) in [6, 6.07) is 5.78. The van der Waals surface area contributed by atoms with Gasteiger partial charge in [-0.25, -0.2) is 4.98 Å². The molecule has 2 aromatic rings. The average molecular weight is 312 g/mol. The zero-order valence-corrected chi connectivity index (χ0v) is 13.0. The van der Waals surface area contributed by atoms with Crippen LogP contribution in [-0.4, -0.2) is 21.1 Å². The number of carbonyl (C=O) groups excluding carboxylic acids is 2. The molecule has 0 N–H and O–H groups in total. The van der Waals surface area contributed by atoms with Crippen LogP contribution in [0.2, 0.25) is 0 Å². The van der Waals surface area contributed by atoms with Gasteiger partial charge in [0.25, 0.3) is 0 Å². The number of hydrogen-bond donors (Lipinski definition) is 0. The Labute approximate surface area is 134 Å². The van der Waals surface area contributed by atoms with Crippen molar-refractivity contribution in [2.45, 2.75) is 38.7 Å². The molecule has 2 aromatic heterocycles. The van der Waals surface area contributed by atoms with E-state index in [1.165, 1.54) is 0 Å². The van der Waals surface area contributed by atoms with E-state index in [-0.39, 0.29) is 30.3 Å². The smallest absolute Gasteiger partial charge is 0.309 e. The maximum absolute atomic E-state index is 12.4. The maximum atomic E-state index is 12.4. The second-order valence-corrected chi connectivity index (χ2v) is 6.70. The molecule has 1 unspecified atom stereocenters. The molecule has 0 amide bonds. The number of Topliss-reactive ketones (excluding diaryl/α,β-unsaturated/α-hetero) is 1. The lowest BCUT2D eigenvalue weighted by molar-refractivity contribution is -0.154. The molecule has 0 radical (unpaired) electrons. The van der Waals surface area contributed by atoms with E-state index in [0.29, 0.717) is 18.6 Å². The first-order valence-corrected chi connectivity index (χ1v) is 8.33. The monoisotopic (exact) mass is 312 g/mol. The van der Waals surface area contributed by atoms with Gasteiger partial charge in [-0.05, 0) is 37.8 Å². The first-order chi connectivity index (χ1) is 11.2. The molecular weight excluding hydrogens is 292 g/mol. The number of ketones is 1. The minimum Gasteiger partial charge on any atom is -0.459 e. The van der Waals surface area contributed by atoms with Crippen LogP contribution >= 0.6 is 0 Å². The number of esters is 1. The molecule has 5 heteroatoms. The third-order valence-corrected chi connectivity index (χ3v) is 5.16. The Morgan fingerprint density at radius 2 is 2.04 bits per heavy atom. The Morgan fingerprint density at radius 1 is 1.26 bits per heavy atom. The van der Waals surface area contributed by atoms with Crippen molar-refractivity contribution in [3.05, 3.63) is 36.3 Å². The van der Waals surface area contributed by atoms with Crippen molar-refractivity contribution in [2.75, 3.05) is 0 Å². The second-order valence-electron chi connectivity index (χ2n) is 6.70. The molecule has 2 bridgehead atoms. The summed E-state index contributed by atoms with van der Waals surface area (Å²) in [6.45, 7) is 0.195. The third-order valence-electron chi connectivity index (χ3n) is 5.16. The van der Waals surface area contributed by atoms with E-state index in [1.807, 2.05) is 35.0 Å². The number of pyridine rings is 1. The van der Waals surface area contributed by atoms with Gasteiger partial charge in [-0.2, -0.15) is 0 Å². The number of imidazole rings is 1. The van der Waals surface area contributed by atoms with Gasteiger partial charge in [0.05, 0.1) is 11.6 Å². The van der Waals surface area contributed by atoms with Crippen molar-refractivity contribution in [2.24, 2.45) is 17.8 Å². The Hall–Kier alpha value is -2.17. The zero-order chi connectivity index (χ0) is 15.8. The van der Waals surface area contributed by atoms with Crippen molar-refractivity contribution in [1.82, 2.24) is 9.38 Å². The molecule has 2 aliphatic carbocycles. The van der Waals surface area contributed by atoms with Crippen LogP contribution in [0, 0.1) is 17.8 Å². The van der Waals surface area contributed by atoms with Crippen LogP contribution in [0.4, 0.5) is 0 Å². The van der Waals surface area contributed by atoms with Crippen LogP contribution in [-0.2, 0) is 20.9 Å². The number of aromatic nitrogens is 2. The number of carbonyl (C=O) groups is 2. The van der Waals surface area contributed by atoms with Gasteiger partial charge >= 0.3 is 5.97 Å². The summed E-state index contributed by atoms with van der Waals surface area (Å²) in [6.07, 6.45) is 8.11. The fourth-order valence-corrected chi connectivity index (χ4v) is 3.99. The normalized spacial score (nSPS) is 27.1. The van der Waals surface area contributed by atoms with Crippen LogP contribution in [0.15, 0.2) is 30.6 Å². The number of rotatable bonds is 3. The largest absolute Gasteiger partial charge is 0.459 e. The molecule has 23 heavy (non-hydrogen) atoms. The first-order valence-electron chi connectivity index (χ1n) is 8.33. The highest BCUT2D eigenvalue weighted by atomic mass is 16.5. The van der Waals surface area contributed by atoms with Crippen molar-refractivity contribution < 1.29 is 14.3 Å². The van der Waals surface area contributed by atoms with Gasteiger partial charge < -0.3 is 9.14 Å². The zero-order valence-electron chi connectivity index (χ0n) is 13.0. The molecule has 0 saturated heterocycles. The van der Waals surface area contributed by atoms with Crippen molar-refractivity contribution in [3.8, 4) is 0 Å². The van der Waals surface area contributed by atoms with E-state index in [0.717, 1.165) is 30.6 Å². The fraction of sp³-hybridized carbons (Fsp3) is 0.500. The molecule has 120 valence electrons. The molecule has 2 fully saturated rings. The van der Waals surface area contributed by atoms with Crippen LogP contribution < -0.4 is 0 Å². The Kier molecular flexibility index (Phi) is 3.63. The minimum atomic E-state index is -0.175. The third kappa shape index (κ3) is 2.76. The molecule has 2 saturated carbocycles. The van der Waals surface area contributed by atoms with Gasteiger partial charge in [0.1, 0.15) is 18.0 Å².